The zero-order chi connectivity index (χ0) is 32.8. The van der Waals surface area contributed by atoms with Gasteiger partial charge in [0.2, 0.25) is 11.9 Å². The van der Waals surface area contributed by atoms with Gasteiger partial charge in [0.25, 0.3) is 11.1 Å². The predicted octanol–water partition coefficient (Wildman–Crippen LogP) is -3.33. The van der Waals surface area contributed by atoms with E-state index in [0.29, 0.717) is 0 Å². The third-order valence-corrected chi connectivity index (χ3v) is 9.61. The molecule has 3 unspecified atom stereocenters. The summed E-state index contributed by atoms with van der Waals surface area (Å²) >= 11 is 0. The average Bonchev–Trinajstić information content (AvgIpc) is 3.72. The van der Waals surface area contributed by atoms with Crippen molar-refractivity contribution in [3.05, 3.63) is 33.4 Å². The maximum Gasteiger partial charge on any atom is 0.472 e. The summed E-state index contributed by atoms with van der Waals surface area (Å²) in [7, 11) is -10.0. The van der Waals surface area contributed by atoms with E-state index in [1.807, 2.05) is 0 Å². The molecule has 3 aliphatic rings. The summed E-state index contributed by atoms with van der Waals surface area (Å²) in [6.07, 6.45) is -4.84. The zero-order valence-corrected chi connectivity index (χ0v) is 24.9. The number of aromatic nitrogens is 8. The van der Waals surface area contributed by atoms with Gasteiger partial charge in [-0.2, -0.15) is 9.97 Å². The third-order valence-electron chi connectivity index (χ3n) is 7.65. The number of anilines is 2. The first-order chi connectivity index (χ1) is 21.7. The summed E-state index contributed by atoms with van der Waals surface area (Å²) in [5, 5.41) is 0. The summed E-state index contributed by atoms with van der Waals surface area (Å²) in [5.74, 6) is -0.504. The van der Waals surface area contributed by atoms with Crippen LogP contribution in [0.3, 0.4) is 0 Å². The molecule has 0 aliphatic carbocycles. The van der Waals surface area contributed by atoms with Crippen LogP contribution in [-0.2, 0) is 42.4 Å². The van der Waals surface area contributed by atoms with Gasteiger partial charge < -0.3 is 42.2 Å². The van der Waals surface area contributed by atoms with Gasteiger partial charge in [-0.15, -0.1) is 0 Å². The standard InChI is InChI=1S/C20H26N12O12P2/c21-8-11-6(42-17(8)31-4-25-9-13(31)27-18(22)29-15(9)33)1-40-46(37,38)44-12-7(2-41-45(35,36)43-11)39-3-20(12,24)32-5-26-10-14(32)28-19(23)30-16(10)34/h4-8,11-12,17H,1-3,21,24H2,(H,35,36)(H,37,38)(H3,22,27,29,33)(H3,23,28,30,34)/t6-,7-,8+,11+,12?,17-,20+/m1/s1. The number of imidazole rings is 2. The Labute approximate surface area is 254 Å². The van der Waals surface area contributed by atoms with Gasteiger partial charge in [-0.05, 0) is 0 Å². The fourth-order valence-corrected chi connectivity index (χ4v) is 7.55. The number of aromatic amines is 2. The van der Waals surface area contributed by atoms with E-state index < -0.39 is 88.9 Å². The molecule has 0 spiro atoms. The summed E-state index contributed by atoms with van der Waals surface area (Å²) in [6, 6.07) is -1.27. The highest BCUT2D eigenvalue weighted by Gasteiger charge is 2.56. The highest BCUT2D eigenvalue weighted by molar-refractivity contribution is 7.47. The molecular weight excluding hydrogens is 662 g/mol. The van der Waals surface area contributed by atoms with Crippen LogP contribution in [0.15, 0.2) is 22.2 Å². The number of nitrogens with zero attached hydrogens (tertiary/aromatic N) is 6. The quantitative estimate of drug-likeness (QED) is 0.0954. The van der Waals surface area contributed by atoms with E-state index in [2.05, 4.69) is 29.9 Å². The van der Waals surface area contributed by atoms with Gasteiger partial charge in [0, 0.05) is 0 Å². The molecule has 4 aromatic rings. The molecule has 9 atom stereocenters. The second-order valence-electron chi connectivity index (χ2n) is 10.6. The number of phosphoric ester groups is 2. The van der Waals surface area contributed by atoms with E-state index in [0.717, 1.165) is 10.9 Å². The van der Waals surface area contributed by atoms with Crippen molar-refractivity contribution in [3.63, 3.8) is 0 Å². The van der Waals surface area contributed by atoms with Gasteiger partial charge in [-0.3, -0.25) is 46.8 Å². The number of fused-ring (bicyclic) bond motifs is 4. The highest BCUT2D eigenvalue weighted by atomic mass is 31.2. The van der Waals surface area contributed by atoms with Gasteiger partial charge in [-0.25, -0.2) is 19.1 Å². The van der Waals surface area contributed by atoms with Crippen LogP contribution in [0.4, 0.5) is 11.9 Å². The molecule has 4 aromatic heterocycles. The molecule has 46 heavy (non-hydrogen) atoms. The molecular formula is C20H26N12O12P2. The van der Waals surface area contributed by atoms with E-state index in [4.69, 9.17) is 50.5 Å². The van der Waals surface area contributed by atoms with E-state index in [-0.39, 0.29) is 34.2 Å². The molecule has 0 saturated carbocycles. The van der Waals surface area contributed by atoms with Crippen molar-refractivity contribution in [3.8, 4) is 0 Å². The summed E-state index contributed by atoms with van der Waals surface area (Å²) in [4.78, 5) is 66.8. The summed E-state index contributed by atoms with van der Waals surface area (Å²) < 4.78 is 61.8. The normalized spacial score (nSPS) is 37.1. The molecule has 0 aromatic carbocycles. The Morgan fingerprint density at radius 2 is 1.50 bits per heavy atom. The number of nitrogen functional groups attached to an aromatic ring is 2. The van der Waals surface area contributed by atoms with E-state index >= 15 is 0 Å². The molecule has 7 rings (SSSR count). The van der Waals surface area contributed by atoms with Crippen molar-refractivity contribution < 1.29 is 46.5 Å². The van der Waals surface area contributed by atoms with Crippen LogP contribution < -0.4 is 34.1 Å². The lowest BCUT2D eigenvalue weighted by Crippen LogP contribution is -2.55. The highest BCUT2D eigenvalue weighted by Crippen LogP contribution is 2.53. The summed E-state index contributed by atoms with van der Waals surface area (Å²) in [6.45, 7) is -1.97. The molecule has 0 amide bonds. The number of hydrogen-bond donors (Lipinski definition) is 8. The molecule has 3 saturated heterocycles. The van der Waals surface area contributed by atoms with Gasteiger partial charge in [0.05, 0.1) is 38.5 Å². The third kappa shape index (κ3) is 5.13. The van der Waals surface area contributed by atoms with E-state index in [1.165, 1.54) is 10.9 Å². The number of H-pyrrole nitrogens is 2. The van der Waals surface area contributed by atoms with Gasteiger partial charge in [0.15, 0.2) is 28.6 Å². The topological polar surface area (TPSA) is 361 Å². The van der Waals surface area contributed by atoms with Crippen LogP contribution in [0, 0.1) is 0 Å². The van der Waals surface area contributed by atoms with Crippen molar-refractivity contribution in [1.82, 2.24) is 39.0 Å². The average molecular weight is 688 g/mol. The fourth-order valence-electron chi connectivity index (χ4n) is 5.57. The SMILES string of the molecule is Nc1nc2c(ncn2[C@@H]2O[C@@H]3COP(=O)(O)OC4[C@@H](COP(=O)(O)O[C@@H]3[C@@H]2N)OC[C@]4(N)n2cnc3c(=O)[nH]c(N)nc32)c(=O)[nH]1. The molecule has 7 heterocycles. The number of phosphoric acid groups is 2. The minimum absolute atomic E-state index is 0.0333. The monoisotopic (exact) mass is 688 g/mol. The van der Waals surface area contributed by atoms with Crippen LogP contribution in [0.25, 0.3) is 22.3 Å². The van der Waals surface area contributed by atoms with E-state index in [1.54, 1.807) is 0 Å². The second kappa shape index (κ2) is 10.7. The lowest BCUT2D eigenvalue weighted by Gasteiger charge is -2.34. The molecule has 248 valence electrons. The minimum atomic E-state index is -5.07. The number of ether oxygens (including phenoxy) is 2. The number of rotatable bonds is 2. The number of nitrogens with one attached hydrogen (secondary N) is 2. The lowest BCUT2D eigenvalue weighted by molar-refractivity contribution is -0.0602. The van der Waals surface area contributed by atoms with Crippen LogP contribution in [0.1, 0.15) is 6.23 Å². The van der Waals surface area contributed by atoms with Gasteiger partial charge in [0.1, 0.15) is 30.1 Å². The van der Waals surface area contributed by atoms with Crippen molar-refractivity contribution in [2.24, 2.45) is 11.5 Å². The Morgan fingerprint density at radius 3 is 2.20 bits per heavy atom. The molecule has 3 fully saturated rings. The molecule has 0 radical (unpaired) electrons. The molecule has 24 nitrogen and oxygen atoms in total. The van der Waals surface area contributed by atoms with Gasteiger partial charge in [-0.1, -0.05) is 0 Å². The first kappa shape index (κ1) is 31.0. The van der Waals surface area contributed by atoms with E-state index in [9.17, 15) is 28.5 Å². The van der Waals surface area contributed by atoms with Crippen LogP contribution in [-0.4, -0.2) is 99.1 Å². The Bertz CT molecular complexity index is 2070. The van der Waals surface area contributed by atoms with Crippen LogP contribution in [0.2, 0.25) is 0 Å². The largest absolute Gasteiger partial charge is 0.472 e. The molecule has 12 N–H and O–H groups in total. The lowest BCUT2D eigenvalue weighted by atomic mass is 10.0. The Morgan fingerprint density at radius 1 is 0.913 bits per heavy atom. The Kier molecular flexibility index (Phi) is 7.21. The molecule has 3 aliphatic heterocycles. The number of hydrogen-bond acceptors (Lipinski definition) is 18. The van der Waals surface area contributed by atoms with Crippen LogP contribution >= 0.6 is 15.6 Å². The van der Waals surface area contributed by atoms with Crippen molar-refractivity contribution >= 4 is 49.9 Å². The van der Waals surface area contributed by atoms with Crippen molar-refractivity contribution in [2.75, 3.05) is 31.3 Å². The first-order valence-electron chi connectivity index (χ1n) is 13.2. The van der Waals surface area contributed by atoms with Crippen LogP contribution in [0.5, 0.6) is 0 Å². The number of nitrogens with two attached hydrogens (primary N) is 4. The smallest absolute Gasteiger partial charge is 0.369 e. The zero-order valence-electron chi connectivity index (χ0n) is 23.1. The first-order valence-corrected chi connectivity index (χ1v) is 16.2. The molecule has 26 heteroatoms. The predicted molar refractivity (Wildman–Crippen MR) is 150 cm³/mol. The summed E-state index contributed by atoms with van der Waals surface area (Å²) in [5.41, 5.74) is 20.7. The fraction of sp³-hybridized carbons (Fsp3) is 0.500. The molecule has 0 bridgehead atoms. The van der Waals surface area contributed by atoms with Crippen molar-refractivity contribution in [2.45, 2.75) is 42.3 Å². The van der Waals surface area contributed by atoms with Gasteiger partial charge >= 0.3 is 15.6 Å². The minimum Gasteiger partial charge on any atom is -0.369 e. The Hall–Kier alpha value is -3.64. The maximum absolute atomic E-state index is 13.3. The Balaban J connectivity index is 1.21. The maximum atomic E-state index is 13.3. The second-order valence-corrected chi connectivity index (χ2v) is 13.4. The van der Waals surface area contributed by atoms with Crippen molar-refractivity contribution in [1.29, 1.82) is 0 Å².